The number of nitrogens with zero attached hydrogens (tertiary/aromatic N) is 1. The van der Waals surface area contributed by atoms with E-state index in [0.29, 0.717) is 0 Å². The fourth-order valence-corrected chi connectivity index (χ4v) is 3.33. The normalized spacial score (nSPS) is 30.6. The van der Waals surface area contributed by atoms with Gasteiger partial charge in [0.2, 0.25) is 0 Å². The fraction of sp³-hybridized carbons (Fsp3) is 0.923. The van der Waals surface area contributed by atoms with Gasteiger partial charge in [0.1, 0.15) is 0 Å². The molecule has 4 nitrogen and oxygen atoms in total. The van der Waals surface area contributed by atoms with Crippen LogP contribution in [0.5, 0.6) is 0 Å². The molecule has 2 aliphatic rings. The van der Waals surface area contributed by atoms with Crippen LogP contribution >= 0.6 is 0 Å². The van der Waals surface area contributed by atoms with Crippen molar-refractivity contribution in [2.75, 3.05) is 33.7 Å². The highest BCUT2D eigenvalue weighted by Crippen LogP contribution is 2.47. The summed E-state index contributed by atoms with van der Waals surface area (Å²) in [5.41, 5.74) is 0. The predicted molar refractivity (Wildman–Crippen MR) is 68.9 cm³/mol. The summed E-state index contributed by atoms with van der Waals surface area (Å²) in [6.07, 6.45) is 5.83. The van der Waals surface area contributed by atoms with Gasteiger partial charge in [-0.25, -0.2) is 4.79 Å². The van der Waals surface area contributed by atoms with E-state index >= 15 is 0 Å². The summed E-state index contributed by atoms with van der Waals surface area (Å²) in [4.78, 5) is 12.8. The molecule has 17 heavy (non-hydrogen) atoms. The van der Waals surface area contributed by atoms with Gasteiger partial charge in [0.15, 0.2) is 0 Å². The molecule has 98 valence electrons. The molecule has 0 radical (unpaired) electrons. The Balaban J connectivity index is 1.51. The summed E-state index contributed by atoms with van der Waals surface area (Å²) in [5, 5.41) is 6.34. The molecule has 2 rings (SSSR count). The second kappa shape index (κ2) is 5.71. The number of rotatable bonds is 5. The Labute approximate surface area is 104 Å². The molecule has 2 saturated carbocycles. The molecule has 2 N–H and O–H groups in total. The van der Waals surface area contributed by atoms with Crippen LogP contribution in [0.4, 0.5) is 4.79 Å². The maximum absolute atomic E-state index is 11.3. The highest BCUT2D eigenvalue weighted by molar-refractivity contribution is 5.73. The first-order valence-electron chi connectivity index (χ1n) is 6.82. The van der Waals surface area contributed by atoms with Crippen molar-refractivity contribution in [1.82, 2.24) is 15.5 Å². The lowest BCUT2D eigenvalue weighted by atomic mass is 9.89. The zero-order valence-corrected chi connectivity index (χ0v) is 11.0. The second-order valence-electron chi connectivity index (χ2n) is 5.77. The number of amides is 2. The Hall–Kier alpha value is -0.770. The van der Waals surface area contributed by atoms with Gasteiger partial charge in [-0.3, -0.25) is 0 Å². The third-order valence-electron chi connectivity index (χ3n) is 4.28. The molecule has 3 atom stereocenters. The minimum absolute atomic E-state index is 0.00766. The lowest BCUT2D eigenvalue weighted by Crippen LogP contribution is -2.39. The lowest BCUT2D eigenvalue weighted by Gasteiger charge is -2.22. The van der Waals surface area contributed by atoms with Gasteiger partial charge in [0.05, 0.1) is 0 Å². The molecular weight excluding hydrogens is 214 g/mol. The van der Waals surface area contributed by atoms with Crippen LogP contribution in [0.25, 0.3) is 0 Å². The Morgan fingerprint density at radius 2 is 2.06 bits per heavy atom. The molecular formula is C13H25N3O. The van der Waals surface area contributed by atoms with Crippen LogP contribution in [0.15, 0.2) is 0 Å². The van der Waals surface area contributed by atoms with Crippen LogP contribution in [0.2, 0.25) is 0 Å². The van der Waals surface area contributed by atoms with E-state index in [2.05, 4.69) is 10.6 Å². The van der Waals surface area contributed by atoms with E-state index in [4.69, 9.17) is 0 Å². The SMILES string of the molecule is CN(C)C(=O)NCCNCC1CC2CCC1C2. The van der Waals surface area contributed by atoms with Gasteiger partial charge in [0, 0.05) is 27.2 Å². The predicted octanol–water partition coefficient (Wildman–Crippen LogP) is 1.28. The molecule has 0 heterocycles. The minimum Gasteiger partial charge on any atom is -0.337 e. The number of carbonyl (C=O) groups excluding carboxylic acids is 1. The third kappa shape index (κ3) is 3.35. The third-order valence-corrected chi connectivity index (χ3v) is 4.28. The van der Waals surface area contributed by atoms with Gasteiger partial charge >= 0.3 is 6.03 Å². The first kappa shape index (κ1) is 12.7. The molecule has 0 aromatic carbocycles. The number of carbonyl (C=O) groups is 1. The largest absolute Gasteiger partial charge is 0.337 e. The standard InChI is InChI=1S/C13H25N3O/c1-16(2)13(17)15-6-5-14-9-12-8-10-3-4-11(12)7-10/h10-12,14H,3-9H2,1-2H3,(H,15,17). The summed E-state index contributed by atoms with van der Waals surface area (Å²) in [5.74, 6) is 2.92. The maximum atomic E-state index is 11.3. The zero-order chi connectivity index (χ0) is 12.3. The first-order chi connectivity index (χ1) is 8.16. The van der Waals surface area contributed by atoms with Gasteiger partial charge in [0.25, 0.3) is 0 Å². The maximum Gasteiger partial charge on any atom is 0.316 e. The van der Waals surface area contributed by atoms with Crippen LogP contribution in [0, 0.1) is 17.8 Å². The first-order valence-corrected chi connectivity index (χ1v) is 6.82. The van der Waals surface area contributed by atoms with Crippen molar-refractivity contribution in [2.45, 2.75) is 25.7 Å². The molecule has 0 saturated heterocycles. The van der Waals surface area contributed by atoms with Crippen LogP contribution in [0.1, 0.15) is 25.7 Å². The van der Waals surface area contributed by atoms with Crippen LogP contribution in [-0.2, 0) is 0 Å². The van der Waals surface area contributed by atoms with E-state index in [1.165, 1.54) is 25.7 Å². The van der Waals surface area contributed by atoms with Crippen molar-refractivity contribution in [3.63, 3.8) is 0 Å². The molecule has 0 aromatic heterocycles. The average molecular weight is 239 g/mol. The molecule has 0 aromatic rings. The number of urea groups is 1. The molecule has 3 unspecified atom stereocenters. The van der Waals surface area contributed by atoms with E-state index in [9.17, 15) is 4.79 Å². The Bertz CT molecular complexity index is 267. The summed E-state index contributed by atoms with van der Waals surface area (Å²) in [6, 6.07) is -0.00766. The van der Waals surface area contributed by atoms with Crippen molar-refractivity contribution in [2.24, 2.45) is 17.8 Å². The molecule has 2 amide bonds. The Morgan fingerprint density at radius 1 is 1.24 bits per heavy atom. The highest BCUT2D eigenvalue weighted by atomic mass is 16.2. The van der Waals surface area contributed by atoms with Crippen LogP contribution < -0.4 is 10.6 Å². The number of fused-ring (bicyclic) bond motifs is 2. The van der Waals surface area contributed by atoms with Gasteiger partial charge in [-0.05, 0) is 43.6 Å². The lowest BCUT2D eigenvalue weighted by molar-refractivity contribution is 0.217. The van der Waals surface area contributed by atoms with Gasteiger partial charge in [-0.1, -0.05) is 6.42 Å². The van der Waals surface area contributed by atoms with Gasteiger partial charge < -0.3 is 15.5 Å². The number of hydrogen-bond acceptors (Lipinski definition) is 2. The van der Waals surface area contributed by atoms with Crippen molar-refractivity contribution in [1.29, 1.82) is 0 Å². The molecule has 2 aliphatic carbocycles. The summed E-state index contributed by atoms with van der Waals surface area (Å²) in [7, 11) is 3.52. The highest BCUT2D eigenvalue weighted by Gasteiger charge is 2.38. The molecule has 0 aliphatic heterocycles. The summed E-state index contributed by atoms with van der Waals surface area (Å²) >= 11 is 0. The minimum atomic E-state index is -0.00766. The Morgan fingerprint density at radius 3 is 2.65 bits per heavy atom. The fourth-order valence-electron chi connectivity index (χ4n) is 3.33. The monoisotopic (exact) mass is 239 g/mol. The summed E-state index contributed by atoms with van der Waals surface area (Å²) in [6.45, 7) is 2.74. The molecule has 0 spiro atoms. The quantitative estimate of drug-likeness (QED) is 0.710. The number of hydrogen-bond donors (Lipinski definition) is 2. The van der Waals surface area contributed by atoms with E-state index in [1.54, 1.807) is 19.0 Å². The molecule has 4 heteroatoms. The number of nitrogens with one attached hydrogen (secondary N) is 2. The Kier molecular flexibility index (Phi) is 4.26. The van der Waals surface area contributed by atoms with Crippen molar-refractivity contribution >= 4 is 6.03 Å². The second-order valence-corrected chi connectivity index (χ2v) is 5.77. The average Bonchev–Trinajstić information content (AvgIpc) is 2.90. The van der Waals surface area contributed by atoms with Gasteiger partial charge in [-0.15, -0.1) is 0 Å². The van der Waals surface area contributed by atoms with E-state index in [-0.39, 0.29) is 6.03 Å². The zero-order valence-electron chi connectivity index (χ0n) is 11.0. The summed E-state index contributed by atoms with van der Waals surface area (Å²) < 4.78 is 0. The van der Waals surface area contributed by atoms with Gasteiger partial charge in [-0.2, -0.15) is 0 Å². The van der Waals surface area contributed by atoms with E-state index < -0.39 is 0 Å². The van der Waals surface area contributed by atoms with E-state index in [0.717, 1.165) is 37.4 Å². The van der Waals surface area contributed by atoms with Crippen molar-refractivity contribution < 1.29 is 4.79 Å². The topological polar surface area (TPSA) is 44.4 Å². The molecule has 2 fully saturated rings. The molecule has 2 bridgehead atoms. The van der Waals surface area contributed by atoms with Crippen LogP contribution in [0.3, 0.4) is 0 Å². The van der Waals surface area contributed by atoms with Crippen molar-refractivity contribution in [3.8, 4) is 0 Å². The van der Waals surface area contributed by atoms with Crippen molar-refractivity contribution in [3.05, 3.63) is 0 Å². The van der Waals surface area contributed by atoms with E-state index in [1.807, 2.05) is 0 Å². The smallest absolute Gasteiger partial charge is 0.316 e. The van der Waals surface area contributed by atoms with Crippen LogP contribution in [-0.4, -0.2) is 44.7 Å².